The van der Waals surface area contributed by atoms with E-state index in [2.05, 4.69) is 76.0 Å². The third-order valence-corrected chi connectivity index (χ3v) is 3.89. The van der Waals surface area contributed by atoms with Gasteiger partial charge in [-0.25, -0.2) is 0 Å². The van der Waals surface area contributed by atoms with Crippen LogP contribution >= 0.6 is 0 Å². The van der Waals surface area contributed by atoms with Crippen LogP contribution in [0.1, 0.15) is 46.6 Å². The van der Waals surface area contributed by atoms with Crippen molar-refractivity contribution in [3.8, 4) is 0 Å². The average Bonchev–Trinajstić information content (AvgIpc) is 2.16. The van der Waals surface area contributed by atoms with Gasteiger partial charge < -0.3 is 4.90 Å². The Labute approximate surface area is 111 Å². The summed E-state index contributed by atoms with van der Waals surface area (Å²) in [7, 11) is 0. The Kier molecular flexibility index (Phi) is 3.18. The molecule has 0 aromatic heterocycles. The Morgan fingerprint density at radius 1 is 1.17 bits per heavy atom. The van der Waals surface area contributed by atoms with Gasteiger partial charge in [0.15, 0.2) is 0 Å². The highest BCUT2D eigenvalue weighted by Crippen LogP contribution is 2.37. The molecule has 1 aromatic carbocycles. The van der Waals surface area contributed by atoms with E-state index in [9.17, 15) is 0 Å². The van der Waals surface area contributed by atoms with Crippen LogP contribution in [-0.2, 0) is 0 Å². The molecule has 1 aromatic rings. The molecule has 0 aliphatic carbocycles. The first-order chi connectivity index (χ1) is 8.23. The van der Waals surface area contributed by atoms with Gasteiger partial charge in [0, 0.05) is 16.8 Å². The summed E-state index contributed by atoms with van der Waals surface area (Å²) in [6.07, 6.45) is 1.49. The Morgan fingerprint density at radius 3 is 2.33 bits per heavy atom. The monoisotopic (exact) mass is 246 g/mol. The highest BCUT2D eigenvalue weighted by atomic mass is 15.4. The normalized spacial score (nSPS) is 26.1. The zero-order valence-corrected chi connectivity index (χ0v) is 12.5. The van der Waals surface area contributed by atoms with E-state index in [0.717, 1.165) is 6.42 Å². The fourth-order valence-corrected chi connectivity index (χ4v) is 3.74. The minimum atomic E-state index is 0.167. The molecule has 1 saturated heterocycles. The standard InChI is InChI=1S/C16H26N2/c1-12-9-7-8-10-14(12)18-13(2)17-15(3,4)11-16(18,5)6/h7-10,13,17H,11H2,1-6H3/t13-/m0/s1. The van der Waals surface area contributed by atoms with Crippen molar-refractivity contribution in [2.24, 2.45) is 0 Å². The van der Waals surface area contributed by atoms with Gasteiger partial charge in [0.2, 0.25) is 0 Å². The number of aryl methyl sites for hydroxylation is 1. The second-order valence-corrected chi connectivity index (χ2v) is 6.85. The lowest BCUT2D eigenvalue weighted by Gasteiger charge is -2.55. The van der Waals surface area contributed by atoms with Crippen LogP contribution in [0.2, 0.25) is 0 Å². The molecule has 1 heterocycles. The van der Waals surface area contributed by atoms with Gasteiger partial charge in [0.05, 0.1) is 6.17 Å². The smallest absolute Gasteiger partial charge is 0.0776 e. The molecule has 2 rings (SSSR count). The summed E-state index contributed by atoms with van der Waals surface area (Å²) in [5.41, 5.74) is 3.06. The number of anilines is 1. The molecule has 0 radical (unpaired) electrons. The quantitative estimate of drug-likeness (QED) is 0.813. The Balaban J connectivity index is 2.41. The molecule has 0 amide bonds. The highest BCUT2D eigenvalue weighted by molar-refractivity contribution is 5.56. The summed E-state index contributed by atoms with van der Waals surface area (Å²) in [4.78, 5) is 2.52. The Morgan fingerprint density at radius 2 is 1.78 bits per heavy atom. The van der Waals surface area contributed by atoms with Crippen LogP contribution in [-0.4, -0.2) is 17.2 Å². The number of nitrogens with zero attached hydrogens (tertiary/aromatic N) is 1. The van der Waals surface area contributed by atoms with E-state index in [0.29, 0.717) is 6.17 Å². The lowest BCUT2D eigenvalue weighted by atomic mass is 9.81. The molecule has 0 spiro atoms. The minimum absolute atomic E-state index is 0.167. The zero-order valence-electron chi connectivity index (χ0n) is 12.5. The Bertz CT molecular complexity index is 434. The predicted molar refractivity (Wildman–Crippen MR) is 79.0 cm³/mol. The van der Waals surface area contributed by atoms with Crippen molar-refractivity contribution < 1.29 is 0 Å². The summed E-state index contributed by atoms with van der Waals surface area (Å²) in [5.74, 6) is 0. The number of nitrogens with one attached hydrogen (secondary N) is 1. The van der Waals surface area contributed by atoms with Crippen molar-refractivity contribution in [2.45, 2.75) is 65.2 Å². The van der Waals surface area contributed by atoms with Crippen molar-refractivity contribution in [3.05, 3.63) is 29.8 Å². The van der Waals surface area contributed by atoms with E-state index in [1.54, 1.807) is 0 Å². The minimum Gasteiger partial charge on any atom is -0.351 e. The van der Waals surface area contributed by atoms with Gasteiger partial charge in [0.1, 0.15) is 0 Å². The molecule has 0 saturated carbocycles. The van der Waals surface area contributed by atoms with E-state index < -0.39 is 0 Å². The van der Waals surface area contributed by atoms with Crippen LogP contribution in [0, 0.1) is 6.92 Å². The first-order valence-electron chi connectivity index (χ1n) is 6.86. The van der Waals surface area contributed by atoms with Crippen LogP contribution in [0.15, 0.2) is 24.3 Å². The number of benzene rings is 1. The van der Waals surface area contributed by atoms with Gasteiger partial charge >= 0.3 is 0 Å². The molecule has 0 unspecified atom stereocenters. The maximum atomic E-state index is 3.71. The van der Waals surface area contributed by atoms with Gasteiger partial charge in [-0.15, -0.1) is 0 Å². The third kappa shape index (κ3) is 2.39. The maximum Gasteiger partial charge on any atom is 0.0776 e. The van der Waals surface area contributed by atoms with Crippen LogP contribution < -0.4 is 10.2 Å². The van der Waals surface area contributed by atoms with Gasteiger partial charge in [-0.3, -0.25) is 5.32 Å². The summed E-state index contributed by atoms with van der Waals surface area (Å²) in [5, 5.41) is 3.71. The first-order valence-corrected chi connectivity index (χ1v) is 6.86. The topological polar surface area (TPSA) is 15.3 Å². The van der Waals surface area contributed by atoms with Crippen LogP contribution in [0.3, 0.4) is 0 Å². The van der Waals surface area contributed by atoms with Crippen molar-refractivity contribution in [3.63, 3.8) is 0 Å². The van der Waals surface area contributed by atoms with E-state index in [1.165, 1.54) is 11.3 Å². The molecule has 2 nitrogen and oxygen atoms in total. The van der Waals surface area contributed by atoms with E-state index in [-0.39, 0.29) is 11.1 Å². The van der Waals surface area contributed by atoms with Crippen molar-refractivity contribution in [2.75, 3.05) is 4.90 Å². The Hall–Kier alpha value is -1.02. The molecular formula is C16H26N2. The highest BCUT2D eigenvalue weighted by Gasteiger charge is 2.42. The molecular weight excluding hydrogens is 220 g/mol. The van der Waals surface area contributed by atoms with Gasteiger partial charge in [0.25, 0.3) is 0 Å². The largest absolute Gasteiger partial charge is 0.351 e. The van der Waals surface area contributed by atoms with Crippen molar-refractivity contribution in [1.29, 1.82) is 0 Å². The molecule has 100 valence electrons. The number of hydrogen-bond acceptors (Lipinski definition) is 2. The fraction of sp³-hybridized carbons (Fsp3) is 0.625. The van der Waals surface area contributed by atoms with Crippen molar-refractivity contribution >= 4 is 5.69 Å². The number of rotatable bonds is 1. The molecule has 1 atom stereocenters. The average molecular weight is 246 g/mol. The van der Waals surface area contributed by atoms with E-state index in [4.69, 9.17) is 0 Å². The van der Waals surface area contributed by atoms with Crippen molar-refractivity contribution in [1.82, 2.24) is 5.32 Å². The molecule has 1 aliphatic rings. The van der Waals surface area contributed by atoms with E-state index in [1.807, 2.05) is 0 Å². The third-order valence-electron chi connectivity index (χ3n) is 3.89. The summed E-state index contributed by atoms with van der Waals surface area (Å²) in [6, 6.07) is 8.66. The van der Waals surface area contributed by atoms with E-state index >= 15 is 0 Å². The summed E-state index contributed by atoms with van der Waals surface area (Å²) in [6.45, 7) is 13.7. The van der Waals surface area contributed by atoms with Gasteiger partial charge in [-0.2, -0.15) is 0 Å². The molecule has 2 heteroatoms. The molecule has 1 aliphatic heterocycles. The zero-order chi connectivity index (χ0) is 13.6. The maximum absolute atomic E-state index is 3.71. The SMILES string of the molecule is Cc1ccccc1N1[C@@H](C)NC(C)(C)CC1(C)C. The van der Waals surface area contributed by atoms with Crippen LogP contribution in [0.25, 0.3) is 0 Å². The predicted octanol–water partition coefficient (Wildman–Crippen LogP) is 3.70. The summed E-state index contributed by atoms with van der Waals surface area (Å²) >= 11 is 0. The van der Waals surface area contributed by atoms with Gasteiger partial charge in [-0.1, -0.05) is 18.2 Å². The molecule has 18 heavy (non-hydrogen) atoms. The lowest BCUT2D eigenvalue weighted by Crippen LogP contribution is -2.67. The number of para-hydroxylation sites is 1. The second-order valence-electron chi connectivity index (χ2n) is 6.85. The van der Waals surface area contributed by atoms with Crippen LogP contribution in [0.5, 0.6) is 0 Å². The fourth-order valence-electron chi connectivity index (χ4n) is 3.74. The molecule has 1 N–H and O–H groups in total. The lowest BCUT2D eigenvalue weighted by molar-refractivity contribution is 0.182. The summed E-state index contributed by atoms with van der Waals surface area (Å²) < 4.78 is 0. The van der Waals surface area contributed by atoms with Crippen LogP contribution in [0.4, 0.5) is 5.69 Å². The number of hydrogen-bond donors (Lipinski definition) is 1. The first kappa shape index (κ1) is 13.4. The molecule has 0 bridgehead atoms. The van der Waals surface area contributed by atoms with Gasteiger partial charge in [-0.05, 0) is 59.6 Å². The second kappa shape index (κ2) is 4.27. The molecule has 1 fully saturated rings.